The molecule has 1 N–H and O–H groups in total. The molecule has 0 spiro atoms. The van der Waals surface area contributed by atoms with Crippen molar-refractivity contribution in [2.75, 3.05) is 31.6 Å². The largest absolute Gasteiger partial charge is 0.352 e. The molecule has 2 aromatic rings. The Balaban J connectivity index is 1.97. The number of hydrogen-bond donors (Lipinski definition) is 1. The molecular weight excluding hydrogens is 264 g/mol. The van der Waals surface area contributed by atoms with Gasteiger partial charge >= 0.3 is 0 Å². The highest BCUT2D eigenvalue weighted by molar-refractivity contribution is 6.28. The maximum absolute atomic E-state index is 5.99. The first kappa shape index (κ1) is 12.6. The molecule has 0 aliphatic carbocycles. The van der Waals surface area contributed by atoms with E-state index >= 15 is 0 Å². The lowest BCUT2D eigenvalue weighted by molar-refractivity contribution is 0.213. The van der Waals surface area contributed by atoms with Crippen LogP contribution in [0.25, 0.3) is 11.2 Å². The standard InChI is InChI=1S/C12H17ClN6/c1-3-8-6-19(5-4-18(8)2)11-9-10(15-7-14-9)16-12(13)17-11/h7-8H,3-6H2,1-2H3,(H,14,15,16,17). The minimum Gasteiger partial charge on any atom is -0.352 e. The molecule has 0 amide bonds. The van der Waals surface area contributed by atoms with Crippen molar-refractivity contribution in [3.05, 3.63) is 11.6 Å². The number of rotatable bonds is 2. The molecule has 1 unspecified atom stereocenters. The van der Waals surface area contributed by atoms with E-state index in [9.17, 15) is 0 Å². The highest BCUT2D eigenvalue weighted by Crippen LogP contribution is 2.25. The molecule has 1 atom stereocenters. The second-order valence-corrected chi connectivity index (χ2v) is 5.24. The van der Waals surface area contributed by atoms with Crippen molar-refractivity contribution in [2.45, 2.75) is 19.4 Å². The number of aromatic amines is 1. The molecule has 3 rings (SSSR count). The molecule has 0 saturated carbocycles. The quantitative estimate of drug-likeness (QED) is 0.846. The number of likely N-dealkylation sites (N-methyl/N-ethyl adjacent to an activating group) is 1. The molecule has 102 valence electrons. The van der Waals surface area contributed by atoms with Gasteiger partial charge in [-0.2, -0.15) is 9.97 Å². The molecular formula is C12H17ClN6. The summed E-state index contributed by atoms with van der Waals surface area (Å²) < 4.78 is 0. The highest BCUT2D eigenvalue weighted by atomic mass is 35.5. The van der Waals surface area contributed by atoms with Gasteiger partial charge < -0.3 is 9.88 Å². The van der Waals surface area contributed by atoms with Gasteiger partial charge in [0.25, 0.3) is 0 Å². The molecule has 0 bridgehead atoms. The fraction of sp³-hybridized carbons (Fsp3) is 0.583. The highest BCUT2D eigenvalue weighted by Gasteiger charge is 2.25. The van der Waals surface area contributed by atoms with E-state index in [0.717, 1.165) is 37.4 Å². The van der Waals surface area contributed by atoms with Crippen LogP contribution in [0.3, 0.4) is 0 Å². The lowest BCUT2D eigenvalue weighted by Gasteiger charge is -2.39. The van der Waals surface area contributed by atoms with E-state index in [-0.39, 0.29) is 5.28 Å². The maximum atomic E-state index is 5.99. The van der Waals surface area contributed by atoms with Gasteiger partial charge in [-0.3, -0.25) is 4.90 Å². The summed E-state index contributed by atoms with van der Waals surface area (Å²) >= 11 is 5.99. The number of nitrogens with one attached hydrogen (secondary N) is 1. The summed E-state index contributed by atoms with van der Waals surface area (Å²) in [7, 11) is 2.17. The van der Waals surface area contributed by atoms with Crippen LogP contribution in [0.5, 0.6) is 0 Å². The minimum absolute atomic E-state index is 0.251. The van der Waals surface area contributed by atoms with Crippen molar-refractivity contribution in [3.8, 4) is 0 Å². The SMILES string of the molecule is CCC1CN(c2nc(Cl)nc3nc[nH]c23)CCN1C. The second kappa shape index (κ2) is 4.94. The predicted molar refractivity (Wildman–Crippen MR) is 75.6 cm³/mol. The van der Waals surface area contributed by atoms with Gasteiger partial charge in [0, 0.05) is 25.7 Å². The third-order valence-corrected chi connectivity index (χ3v) is 3.96. The monoisotopic (exact) mass is 280 g/mol. The van der Waals surface area contributed by atoms with Crippen molar-refractivity contribution < 1.29 is 0 Å². The number of H-pyrrole nitrogens is 1. The molecule has 3 heterocycles. The molecule has 1 aliphatic rings. The first-order valence-corrected chi connectivity index (χ1v) is 6.88. The van der Waals surface area contributed by atoms with E-state index in [1.54, 1.807) is 6.33 Å². The molecule has 1 fully saturated rings. The Hall–Kier alpha value is -1.40. The lowest BCUT2D eigenvalue weighted by atomic mass is 10.1. The van der Waals surface area contributed by atoms with Crippen molar-refractivity contribution >= 4 is 28.6 Å². The zero-order valence-corrected chi connectivity index (χ0v) is 11.9. The van der Waals surface area contributed by atoms with E-state index in [1.807, 2.05) is 0 Å². The van der Waals surface area contributed by atoms with Gasteiger partial charge in [0.2, 0.25) is 5.28 Å². The number of fused-ring (bicyclic) bond motifs is 1. The van der Waals surface area contributed by atoms with Gasteiger partial charge in [0.15, 0.2) is 11.5 Å². The fourth-order valence-electron chi connectivity index (χ4n) is 2.60. The summed E-state index contributed by atoms with van der Waals surface area (Å²) in [5, 5.41) is 0.251. The van der Waals surface area contributed by atoms with Crippen molar-refractivity contribution in [1.82, 2.24) is 24.8 Å². The second-order valence-electron chi connectivity index (χ2n) is 4.91. The number of piperazine rings is 1. The first-order valence-electron chi connectivity index (χ1n) is 6.51. The number of imidazole rings is 1. The number of anilines is 1. The first-order chi connectivity index (χ1) is 9.19. The Morgan fingerprint density at radius 1 is 1.42 bits per heavy atom. The number of hydrogen-bond acceptors (Lipinski definition) is 5. The van der Waals surface area contributed by atoms with Crippen molar-refractivity contribution in [1.29, 1.82) is 0 Å². The molecule has 0 aromatic carbocycles. The van der Waals surface area contributed by atoms with E-state index in [2.05, 4.69) is 43.7 Å². The topological polar surface area (TPSA) is 60.9 Å². The van der Waals surface area contributed by atoms with Gasteiger partial charge in [0.05, 0.1) is 6.33 Å². The molecule has 1 aliphatic heterocycles. The number of aromatic nitrogens is 4. The number of halogens is 1. The van der Waals surface area contributed by atoms with E-state index in [4.69, 9.17) is 11.6 Å². The van der Waals surface area contributed by atoms with Crippen LogP contribution in [-0.2, 0) is 0 Å². The average molecular weight is 281 g/mol. The zero-order valence-electron chi connectivity index (χ0n) is 11.1. The normalized spacial score (nSPS) is 21.2. The van der Waals surface area contributed by atoms with Crippen molar-refractivity contribution in [3.63, 3.8) is 0 Å². The van der Waals surface area contributed by atoms with Crippen LogP contribution in [0.1, 0.15) is 13.3 Å². The lowest BCUT2D eigenvalue weighted by Crippen LogP contribution is -2.51. The van der Waals surface area contributed by atoms with Gasteiger partial charge in [-0.15, -0.1) is 0 Å². The Kier molecular flexibility index (Phi) is 3.28. The Morgan fingerprint density at radius 3 is 3.05 bits per heavy atom. The summed E-state index contributed by atoms with van der Waals surface area (Å²) in [6.07, 6.45) is 2.75. The predicted octanol–water partition coefficient (Wildman–Crippen LogP) is 1.54. The van der Waals surface area contributed by atoms with Crippen molar-refractivity contribution in [2.24, 2.45) is 0 Å². The van der Waals surface area contributed by atoms with Crippen LogP contribution < -0.4 is 4.90 Å². The Labute approximate surface area is 116 Å². The van der Waals surface area contributed by atoms with E-state index in [1.165, 1.54) is 0 Å². The molecule has 19 heavy (non-hydrogen) atoms. The van der Waals surface area contributed by atoms with Crippen LogP contribution in [0, 0.1) is 0 Å². The van der Waals surface area contributed by atoms with Crippen LogP contribution >= 0.6 is 11.6 Å². The average Bonchev–Trinajstić information content (AvgIpc) is 2.86. The summed E-state index contributed by atoms with van der Waals surface area (Å²) in [4.78, 5) is 20.4. The molecule has 0 radical (unpaired) electrons. The zero-order chi connectivity index (χ0) is 13.4. The molecule has 7 heteroatoms. The van der Waals surface area contributed by atoms with Gasteiger partial charge in [-0.05, 0) is 25.1 Å². The molecule has 6 nitrogen and oxygen atoms in total. The summed E-state index contributed by atoms with van der Waals surface area (Å²) in [5.74, 6) is 0.860. The van der Waals surface area contributed by atoms with Gasteiger partial charge in [-0.1, -0.05) is 6.92 Å². The Morgan fingerprint density at radius 2 is 2.26 bits per heavy atom. The summed E-state index contributed by atoms with van der Waals surface area (Å²) in [6.45, 7) is 5.13. The minimum atomic E-state index is 0.251. The molecule has 1 saturated heterocycles. The van der Waals surface area contributed by atoms with Crippen LogP contribution in [-0.4, -0.2) is 57.6 Å². The number of nitrogens with zero attached hydrogens (tertiary/aromatic N) is 5. The van der Waals surface area contributed by atoms with Gasteiger partial charge in [-0.25, -0.2) is 4.98 Å². The smallest absolute Gasteiger partial charge is 0.226 e. The molecule has 2 aromatic heterocycles. The summed E-state index contributed by atoms with van der Waals surface area (Å²) in [6, 6.07) is 0.542. The fourth-order valence-corrected chi connectivity index (χ4v) is 2.76. The van der Waals surface area contributed by atoms with Crippen LogP contribution in [0.4, 0.5) is 5.82 Å². The third-order valence-electron chi connectivity index (χ3n) is 3.79. The maximum Gasteiger partial charge on any atom is 0.226 e. The van der Waals surface area contributed by atoms with Gasteiger partial charge in [0.1, 0.15) is 5.52 Å². The summed E-state index contributed by atoms with van der Waals surface area (Å²) in [5.41, 5.74) is 1.49. The van der Waals surface area contributed by atoms with Crippen LogP contribution in [0.15, 0.2) is 6.33 Å². The van der Waals surface area contributed by atoms with Crippen LogP contribution in [0.2, 0.25) is 5.28 Å². The Bertz CT molecular complexity index is 583. The third kappa shape index (κ3) is 2.26. The van der Waals surface area contributed by atoms with E-state index < -0.39 is 0 Å². The van der Waals surface area contributed by atoms with E-state index in [0.29, 0.717) is 11.7 Å².